The lowest BCUT2D eigenvalue weighted by Crippen LogP contribution is -1.98. The lowest BCUT2D eigenvalue weighted by molar-refractivity contribution is 0.341. The van der Waals surface area contributed by atoms with Crippen LogP contribution in [-0.2, 0) is 6.42 Å². The van der Waals surface area contributed by atoms with Gasteiger partial charge in [-0.3, -0.25) is 0 Å². The van der Waals surface area contributed by atoms with Crippen LogP contribution in [-0.4, -0.2) is 6.61 Å². The number of hydrogen-bond donors (Lipinski definition) is 0. The molecule has 0 unspecified atom stereocenters. The summed E-state index contributed by atoms with van der Waals surface area (Å²) >= 11 is 0. The van der Waals surface area contributed by atoms with Crippen molar-refractivity contribution >= 4 is 10.8 Å². The van der Waals surface area contributed by atoms with Crippen LogP contribution in [0.5, 0.6) is 5.75 Å². The van der Waals surface area contributed by atoms with Crippen molar-refractivity contribution in [2.24, 2.45) is 0 Å². The van der Waals surface area contributed by atoms with Crippen LogP contribution in [0.1, 0.15) is 25.0 Å². The molecule has 2 heteroatoms. The van der Waals surface area contributed by atoms with E-state index in [1.165, 1.54) is 11.6 Å². The average Bonchev–Trinajstić information content (AvgIpc) is 2.33. The highest BCUT2D eigenvalue weighted by molar-refractivity contribution is 5.90. The van der Waals surface area contributed by atoms with Gasteiger partial charge in [-0.2, -0.15) is 0 Å². The van der Waals surface area contributed by atoms with Crippen molar-refractivity contribution in [3.05, 3.63) is 41.2 Å². The Hall–Kier alpha value is -1.57. The largest absolute Gasteiger partial charge is 0.493 e. The first kappa shape index (κ1) is 11.9. The minimum atomic E-state index is -0.220. The summed E-state index contributed by atoms with van der Waals surface area (Å²) in [5.41, 5.74) is 2.38. The third-order valence-electron chi connectivity index (χ3n) is 3.08. The second-order valence-corrected chi connectivity index (χ2v) is 4.14. The van der Waals surface area contributed by atoms with Crippen LogP contribution in [0.25, 0.3) is 10.8 Å². The molecular formula is C15H17FO. The van der Waals surface area contributed by atoms with Gasteiger partial charge in [-0.1, -0.05) is 19.1 Å². The van der Waals surface area contributed by atoms with Crippen molar-refractivity contribution in [1.82, 2.24) is 0 Å². The van der Waals surface area contributed by atoms with Gasteiger partial charge in [0.2, 0.25) is 0 Å². The summed E-state index contributed by atoms with van der Waals surface area (Å²) in [5.74, 6) is 0.600. The van der Waals surface area contributed by atoms with Gasteiger partial charge in [-0.15, -0.1) is 0 Å². The normalized spacial score (nSPS) is 10.8. The first-order chi connectivity index (χ1) is 8.17. The van der Waals surface area contributed by atoms with Crippen LogP contribution in [0.2, 0.25) is 0 Å². The molecule has 2 aromatic rings. The van der Waals surface area contributed by atoms with Gasteiger partial charge in [0.25, 0.3) is 0 Å². The van der Waals surface area contributed by atoms with E-state index in [0.717, 1.165) is 28.5 Å². The summed E-state index contributed by atoms with van der Waals surface area (Å²) in [4.78, 5) is 0. The van der Waals surface area contributed by atoms with Gasteiger partial charge in [0, 0.05) is 5.39 Å². The highest BCUT2D eigenvalue weighted by Crippen LogP contribution is 2.33. The fraction of sp³-hybridized carbons (Fsp3) is 0.333. The van der Waals surface area contributed by atoms with E-state index in [1.54, 1.807) is 6.07 Å². The van der Waals surface area contributed by atoms with E-state index in [9.17, 15) is 4.39 Å². The number of benzene rings is 2. The summed E-state index contributed by atoms with van der Waals surface area (Å²) in [6.07, 6.45) is 0.958. The monoisotopic (exact) mass is 232 g/mol. The van der Waals surface area contributed by atoms with Crippen LogP contribution >= 0.6 is 0 Å². The van der Waals surface area contributed by atoms with Crippen molar-refractivity contribution in [2.45, 2.75) is 27.2 Å². The lowest BCUT2D eigenvalue weighted by Gasteiger charge is -2.14. The van der Waals surface area contributed by atoms with Crippen molar-refractivity contribution in [2.75, 3.05) is 6.61 Å². The molecule has 0 saturated heterocycles. The molecule has 0 heterocycles. The lowest BCUT2D eigenvalue weighted by atomic mass is 9.98. The highest BCUT2D eigenvalue weighted by Gasteiger charge is 2.10. The standard InChI is InChI=1S/C15H17FO/c1-4-11-8-12-6-7-13(16)9-14(12)15(10(11)3)17-5-2/h6-9H,4-5H2,1-3H3. The van der Waals surface area contributed by atoms with Crippen LogP contribution in [0.4, 0.5) is 4.39 Å². The highest BCUT2D eigenvalue weighted by atomic mass is 19.1. The van der Waals surface area contributed by atoms with Gasteiger partial charge in [0.15, 0.2) is 0 Å². The quantitative estimate of drug-likeness (QED) is 0.768. The van der Waals surface area contributed by atoms with Crippen LogP contribution in [0, 0.1) is 12.7 Å². The average molecular weight is 232 g/mol. The SMILES string of the molecule is CCOc1c(C)c(CC)cc2ccc(F)cc12. The first-order valence-electron chi connectivity index (χ1n) is 6.01. The van der Waals surface area contributed by atoms with E-state index >= 15 is 0 Å². The molecule has 0 aromatic heterocycles. The molecule has 17 heavy (non-hydrogen) atoms. The van der Waals surface area contributed by atoms with E-state index in [1.807, 2.05) is 19.9 Å². The Labute approximate surface area is 101 Å². The molecule has 0 N–H and O–H groups in total. The van der Waals surface area contributed by atoms with E-state index in [4.69, 9.17) is 4.74 Å². The number of aryl methyl sites for hydroxylation is 1. The number of hydrogen-bond acceptors (Lipinski definition) is 1. The Bertz CT molecular complexity index is 546. The Kier molecular flexibility index (Phi) is 3.32. The molecule has 90 valence electrons. The van der Waals surface area contributed by atoms with Crippen LogP contribution in [0.15, 0.2) is 24.3 Å². The fourth-order valence-electron chi connectivity index (χ4n) is 2.19. The zero-order valence-corrected chi connectivity index (χ0v) is 10.5. The third kappa shape index (κ3) is 2.12. The third-order valence-corrected chi connectivity index (χ3v) is 3.08. The Morgan fingerprint density at radius 2 is 1.94 bits per heavy atom. The second-order valence-electron chi connectivity index (χ2n) is 4.14. The number of halogens is 1. The Morgan fingerprint density at radius 1 is 1.18 bits per heavy atom. The molecule has 0 fully saturated rings. The zero-order valence-electron chi connectivity index (χ0n) is 10.5. The van der Waals surface area contributed by atoms with E-state index in [2.05, 4.69) is 13.0 Å². The predicted octanol–water partition coefficient (Wildman–Crippen LogP) is 4.25. The summed E-state index contributed by atoms with van der Waals surface area (Å²) in [6.45, 7) is 6.70. The van der Waals surface area contributed by atoms with Crippen molar-refractivity contribution in [3.8, 4) is 5.75 Å². The smallest absolute Gasteiger partial charge is 0.130 e. The van der Waals surface area contributed by atoms with Crippen molar-refractivity contribution in [3.63, 3.8) is 0 Å². The zero-order chi connectivity index (χ0) is 12.4. The van der Waals surface area contributed by atoms with E-state index in [-0.39, 0.29) is 5.82 Å². The number of fused-ring (bicyclic) bond motifs is 1. The van der Waals surface area contributed by atoms with E-state index < -0.39 is 0 Å². The second kappa shape index (κ2) is 4.74. The van der Waals surface area contributed by atoms with Crippen LogP contribution in [0.3, 0.4) is 0 Å². The minimum Gasteiger partial charge on any atom is -0.493 e. The molecule has 0 aliphatic rings. The maximum absolute atomic E-state index is 13.3. The van der Waals surface area contributed by atoms with Crippen LogP contribution < -0.4 is 4.74 Å². The molecule has 1 nitrogen and oxygen atoms in total. The molecule has 0 radical (unpaired) electrons. The molecule has 2 aromatic carbocycles. The summed E-state index contributed by atoms with van der Waals surface area (Å²) in [7, 11) is 0. The first-order valence-corrected chi connectivity index (χ1v) is 6.01. The number of ether oxygens (including phenoxy) is 1. The molecule has 0 bridgehead atoms. The Balaban J connectivity index is 2.77. The molecule has 0 amide bonds. The summed E-state index contributed by atoms with van der Waals surface area (Å²) < 4.78 is 19.0. The molecule has 2 rings (SSSR count). The van der Waals surface area contributed by atoms with Gasteiger partial charge in [0.05, 0.1) is 6.61 Å². The Morgan fingerprint density at radius 3 is 2.59 bits per heavy atom. The molecule has 0 aliphatic carbocycles. The molecule has 0 spiro atoms. The summed E-state index contributed by atoms with van der Waals surface area (Å²) in [6, 6.07) is 6.97. The fourth-order valence-corrected chi connectivity index (χ4v) is 2.19. The van der Waals surface area contributed by atoms with Gasteiger partial charge in [-0.05, 0) is 48.9 Å². The molecule has 0 atom stereocenters. The number of rotatable bonds is 3. The van der Waals surface area contributed by atoms with Gasteiger partial charge >= 0.3 is 0 Å². The molecular weight excluding hydrogens is 215 g/mol. The topological polar surface area (TPSA) is 9.23 Å². The minimum absolute atomic E-state index is 0.220. The van der Waals surface area contributed by atoms with Gasteiger partial charge < -0.3 is 4.74 Å². The predicted molar refractivity (Wildman–Crippen MR) is 69.2 cm³/mol. The maximum atomic E-state index is 13.3. The van der Waals surface area contributed by atoms with E-state index in [0.29, 0.717) is 6.61 Å². The molecule has 0 saturated carbocycles. The molecule has 0 aliphatic heterocycles. The summed E-state index contributed by atoms with van der Waals surface area (Å²) in [5, 5.41) is 1.90. The van der Waals surface area contributed by atoms with Gasteiger partial charge in [-0.25, -0.2) is 4.39 Å². The maximum Gasteiger partial charge on any atom is 0.130 e. The van der Waals surface area contributed by atoms with Crippen molar-refractivity contribution < 1.29 is 9.13 Å². The van der Waals surface area contributed by atoms with Gasteiger partial charge in [0.1, 0.15) is 11.6 Å². The van der Waals surface area contributed by atoms with Crippen molar-refractivity contribution in [1.29, 1.82) is 0 Å².